The second-order valence-corrected chi connectivity index (χ2v) is 12.9. The van der Waals surface area contributed by atoms with Crippen molar-refractivity contribution in [1.82, 2.24) is 5.32 Å². The Morgan fingerprint density at radius 2 is 1.96 bits per heavy atom. The summed E-state index contributed by atoms with van der Waals surface area (Å²) in [5, 5.41) is 3.13. The van der Waals surface area contributed by atoms with Crippen molar-refractivity contribution in [2.75, 3.05) is 30.8 Å². The number of sulfonamides is 1. The number of carbonyl (C=O) groups excluding carboxylic acids is 2. The number of hydrogen-bond donors (Lipinski definition) is 2. The number of carbonyl (C=O) groups is 2. The molecule has 4 unspecified atom stereocenters. The van der Waals surface area contributed by atoms with Crippen molar-refractivity contribution < 1.29 is 41.0 Å². The fraction of sp³-hybridized carbons (Fsp3) is 0.375. The number of nitrogens with zero attached hydrogens (tertiary/aromatic N) is 1. The van der Waals surface area contributed by atoms with Gasteiger partial charge in [-0.05, 0) is 61.9 Å². The summed E-state index contributed by atoms with van der Waals surface area (Å²) in [4.78, 5) is 25.4. The molecule has 3 N–H and O–H groups in total. The number of hydrogen-bond acceptors (Lipinski definition) is 9. The maximum atomic E-state index is 13.3. The number of rotatable bonds is 9. The molecule has 240 valence electrons. The summed E-state index contributed by atoms with van der Waals surface area (Å²) >= 11 is 0. The molecule has 0 saturated heterocycles. The molecule has 2 aliphatic rings. The maximum absolute atomic E-state index is 13.3. The molecule has 0 spiro atoms. The lowest BCUT2D eigenvalue weighted by molar-refractivity contribution is -0.150. The number of esters is 1. The van der Waals surface area contributed by atoms with E-state index in [1.54, 1.807) is 56.3 Å². The number of fused-ring (bicyclic) bond motifs is 2. The number of anilines is 1. The van der Waals surface area contributed by atoms with Crippen LogP contribution in [0.4, 0.5) is 10.1 Å². The number of furan rings is 1. The Balaban J connectivity index is 1.51. The highest BCUT2D eigenvalue weighted by Crippen LogP contribution is 2.42. The van der Waals surface area contributed by atoms with E-state index in [2.05, 4.69) is 5.32 Å². The highest BCUT2D eigenvalue weighted by atomic mass is 32.2. The monoisotopic (exact) mass is 641 g/mol. The molecule has 0 saturated carbocycles. The van der Waals surface area contributed by atoms with Gasteiger partial charge in [-0.1, -0.05) is 6.92 Å². The first kappa shape index (κ1) is 32.2. The average molecular weight is 642 g/mol. The molecule has 1 aliphatic carbocycles. The minimum Gasteiger partial charge on any atom is -0.486 e. The Bertz CT molecular complexity index is 1770. The van der Waals surface area contributed by atoms with Gasteiger partial charge in [0.15, 0.2) is 0 Å². The van der Waals surface area contributed by atoms with Gasteiger partial charge in [-0.25, -0.2) is 12.8 Å². The molecule has 2 aromatic carbocycles. The third kappa shape index (κ3) is 6.90. The third-order valence-electron chi connectivity index (χ3n) is 7.74. The van der Waals surface area contributed by atoms with Crippen LogP contribution >= 0.6 is 0 Å². The predicted octanol–water partition coefficient (Wildman–Crippen LogP) is 4.53. The molecule has 1 amide bonds. The van der Waals surface area contributed by atoms with Gasteiger partial charge in [0.05, 0.1) is 30.2 Å². The van der Waals surface area contributed by atoms with Crippen LogP contribution in [0, 0.1) is 0 Å². The number of amides is 1. The second-order valence-electron chi connectivity index (χ2n) is 11.0. The molecular formula is C32H36FN3O8S. The number of halogens is 1. The lowest BCUT2D eigenvalue weighted by Crippen LogP contribution is -2.40. The Hall–Kier alpha value is -4.20. The molecule has 11 nitrogen and oxygen atoms in total. The molecule has 45 heavy (non-hydrogen) atoms. The first-order chi connectivity index (χ1) is 21.4. The summed E-state index contributed by atoms with van der Waals surface area (Å²) in [7, 11) is -2.31. The fourth-order valence-corrected chi connectivity index (χ4v) is 6.26. The molecule has 4 atom stereocenters. The standard InChI is InChI=1S/C32H36FN3O8S/c1-5-26(34)32(38)41-17-23-16-36(45(4,39)40)27-15-28-25(14-24(27)18(2)42-23)29(31(37)35-3)30(44-28)19-6-10-21(11-7-19)43-22-12-8-20(33)9-13-22/h6-12,14-15,18,22-23,26H,5,13,16-17,34H2,1-4H3,(H,35,37). The second kappa shape index (κ2) is 13.0. The molecule has 0 bridgehead atoms. The molecule has 3 aromatic rings. The number of allylic oxidation sites excluding steroid dienone is 2. The lowest BCUT2D eigenvalue weighted by atomic mass is 10.0. The topological polar surface area (TPSA) is 150 Å². The van der Waals surface area contributed by atoms with Crippen molar-refractivity contribution in [2.24, 2.45) is 5.73 Å². The molecule has 0 fully saturated rings. The Labute approximate surface area is 260 Å². The van der Waals surface area contributed by atoms with Crippen LogP contribution in [0.5, 0.6) is 5.75 Å². The summed E-state index contributed by atoms with van der Waals surface area (Å²) in [5.41, 5.74) is 7.76. The predicted molar refractivity (Wildman–Crippen MR) is 167 cm³/mol. The van der Waals surface area contributed by atoms with Crippen LogP contribution in [0.1, 0.15) is 48.7 Å². The number of nitrogens with one attached hydrogen (secondary N) is 1. The smallest absolute Gasteiger partial charge is 0.322 e. The molecule has 1 aromatic heterocycles. The van der Waals surface area contributed by atoms with Gasteiger partial charge in [0, 0.05) is 36.0 Å². The van der Waals surface area contributed by atoms with Gasteiger partial charge in [-0.2, -0.15) is 0 Å². The van der Waals surface area contributed by atoms with Gasteiger partial charge in [-0.15, -0.1) is 0 Å². The zero-order chi connectivity index (χ0) is 32.5. The maximum Gasteiger partial charge on any atom is 0.322 e. The minimum atomic E-state index is -3.82. The van der Waals surface area contributed by atoms with E-state index >= 15 is 0 Å². The van der Waals surface area contributed by atoms with Crippen molar-refractivity contribution >= 4 is 38.6 Å². The van der Waals surface area contributed by atoms with Crippen LogP contribution in [0.15, 0.2) is 64.9 Å². The highest BCUT2D eigenvalue weighted by Gasteiger charge is 2.34. The minimum absolute atomic E-state index is 0.119. The summed E-state index contributed by atoms with van der Waals surface area (Å²) in [6, 6.07) is 9.46. The molecular weight excluding hydrogens is 605 g/mol. The number of ether oxygens (including phenoxy) is 3. The van der Waals surface area contributed by atoms with Gasteiger partial charge < -0.3 is 29.7 Å². The molecule has 5 rings (SSSR count). The lowest BCUT2D eigenvalue weighted by Gasteiger charge is -2.25. The van der Waals surface area contributed by atoms with Gasteiger partial charge in [0.2, 0.25) is 10.0 Å². The fourth-order valence-electron chi connectivity index (χ4n) is 5.31. The van der Waals surface area contributed by atoms with Gasteiger partial charge in [0.1, 0.15) is 47.8 Å². The van der Waals surface area contributed by atoms with E-state index in [-0.39, 0.29) is 36.4 Å². The van der Waals surface area contributed by atoms with E-state index < -0.39 is 40.1 Å². The Morgan fingerprint density at radius 3 is 2.58 bits per heavy atom. The van der Waals surface area contributed by atoms with Crippen molar-refractivity contribution in [3.8, 4) is 17.1 Å². The zero-order valence-electron chi connectivity index (χ0n) is 25.4. The van der Waals surface area contributed by atoms with E-state index in [1.807, 2.05) is 0 Å². The van der Waals surface area contributed by atoms with E-state index in [1.165, 1.54) is 23.5 Å². The van der Waals surface area contributed by atoms with Crippen LogP contribution in [0.2, 0.25) is 0 Å². The van der Waals surface area contributed by atoms with E-state index in [0.717, 1.165) is 6.26 Å². The quantitative estimate of drug-likeness (QED) is 0.321. The number of nitrogens with two attached hydrogens (primary N) is 1. The molecule has 0 radical (unpaired) electrons. The van der Waals surface area contributed by atoms with Gasteiger partial charge in [0.25, 0.3) is 5.91 Å². The summed E-state index contributed by atoms with van der Waals surface area (Å²) in [6.07, 6.45) is 4.63. The van der Waals surface area contributed by atoms with Crippen molar-refractivity contribution in [3.63, 3.8) is 0 Å². The molecule has 13 heteroatoms. The number of benzene rings is 2. The van der Waals surface area contributed by atoms with Crippen LogP contribution in [0.3, 0.4) is 0 Å². The van der Waals surface area contributed by atoms with Crippen LogP contribution in [-0.2, 0) is 24.3 Å². The van der Waals surface area contributed by atoms with Crippen molar-refractivity contribution in [1.29, 1.82) is 0 Å². The van der Waals surface area contributed by atoms with Crippen LogP contribution in [-0.4, -0.2) is 65.0 Å². The first-order valence-electron chi connectivity index (χ1n) is 14.6. The SMILES string of the molecule is CCC(N)C(=O)OCC1CN(S(C)(=O)=O)c2cc3oc(-c4ccc(OC5C=CC(F)=CC5)cc4)c(C(=O)NC)c3cc2C(C)O1. The van der Waals surface area contributed by atoms with E-state index in [0.29, 0.717) is 46.4 Å². The summed E-state index contributed by atoms with van der Waals surface area (Å²) < 4.78 is 64.2. The van der Waals surface area contributed by atoms with E-state index in [4.69, 9.17) is 24.4 Å². The third-order valence-corrected chi connectivity index (χ3v) is 8.88. The Kier molecular flexibility index (Phi) is 9.33. The van der Waals surface area contributed by atoms with E-state index in [9.17, 15) is 22.4 Å². The van der Waals surface area contributed by atoms with Crippen LogP contribution < -0.4 is 20.1 Å². The average Bonchev–Trinajstić information content (AvgIpc) is 3.32. The molecule has 2 heterocycles. The van der Waals surface area contributed by atoms with Gasteiger partial charge >= 0.3 is 5.97 Å². The first-order valence-corrected chi connectivity index (χ1v) is 16.4. The largest absolute Gasteiger partial charge is 0.486 e. The van der Waals surface area contributed by atoms with Crippen molar-refractivity contribution in [2.45, 2.75) is 51.0 Å². The van der Waals surface area contributed by atoms with Gasteiger partial charge in [-0.3, -0.25) is 13.9 Å². The van der Waals surface area contributed by atoms with Crippen LogP contribution in [0.25, 0.3) is 22.3 Å². The highest BCUT2D eigenvalue weighted by molar-refractivity contribution is 7.92. The summed E-state index contributed by atoms with van der Waals surface area (Å²) in [5.74, 6) is -0.452. The molecule has 1 aliphatic heterocycles. The normalized spacial score (nSPS) is 20.6. The zero-order valence-corrected chi connectivity index (χ0v) is 26.2. The Morgan fingerprint density at radius 1 is 1.22 bits per heavy atom. The van der Waals surface area contributed by atoms with Crippen molar-refractivity contribution in [3.05, 3.63) is 71.6 Å². The summed E-state index contributed by atoms with van der Waals surface area (Å²) in [6.45, 7) is 3.21.